The van der Waals surface area contributed by atoms with Crippen molar-refractivity contribution in [2.45, 2.75) is 51.7 Å². The second kappa shape index (κ2) is 9.54. The van der Waals surface area contributed by atoms with Gasteiger partial charge in [-0.1, -0.05) is 0 Å². The Morgan fingerprint density at radius 3 is 2.22 bits per heavy atom. The van der Waals surface area contributed by atoms with Gasteiger partial charge < -0.3 is 19.4 Å². The number of piperidine rings is 1. The van der Waals surface area contributed by atoms with E-state index in [0.29, 0.717) is 6.54 Å². The number of rotatable bonds is 2. The number of halogens is 1. The molecular weight excluding hydrogens is 407 g/mol. The molecule has 1 rings (SSSR count). The maximum Gasteiger partial charge on any atom is 0.410 e. The Bertz CT molecular complexity index is 395. The van der Waals surface area contributed by atoms with E-state index in [4.69, 9.17) is 9.73 Å². The van der Waals surface area contributed by atoms with Gasteiger partial charge in [-0.2, -0.15) is 0 Å². The molecule has 0 saturated carbocycles. The van der Waals surface area contributed by atoms with E-state index in [9.17, 15) is 4.79 Å². The summed E-state index contributed by atoms with van der Waals surface area (Å²) in [7, 11) is 7.91. The quantitative estimate of drug-likeness (QED) is 0.377. The van der Waals surface area contributed by atoms with Gasteiger partial charge in [-0.05, 0) is 40.0 Å². The van der Waals surface area contributed by atoms with Crippen molar-refractivity contribution in [2.24, 2.45) is 4.99 Å². The summed E-state index contributed by atoms with van der Waals surface area (Å²) in [6.45, 7) is 7.08. The molecular formula is C16H33IN4O2. The minimum Gasteiger partial charge on any atom is -0.444 e. The van der Waals surface area contributed by atoms with E-state index in [-0.39, 0.29) is 36.1 Å². The molecule has 0 N–H and O–H groups in total. The number of carbonyl (C=O) groups is 1. The number of amides is 1. The van der Waals surface area contributed by atoms with Crippen molar-refractivity contribution in [3.05, 3.63) is 0 Å². The lowest BCUT2D eigenvalue weighted by Crippen LogP contribution is -2.48. The highest BCUT2D eigenvalue weighted by atomic mass is 127. The standard InChI is InChI=1S/C16H32N4O2.HI/c1-16(2,3)22-15(21)20-11-9-8-10-13(20)12-17-14(18(4)5)19(6)7;/h13H,8-12H2,1-7H3;1H. The van der Waals surface area contributed by atoms with Crippen LogP contribution in [0, 0.1) is 0 Å². The van der Waals surface area contributed by atoms with Gasteiger partial charge in [-0.3, -0.25) is 4.99 Å². The van der Waals surface area contributed by atoms with Gasteiger partial charge in [0.25, 0.3) is 0 Å². The predicted octanol–water partition coefficient (Wildman–Crippen LogP) is 2.87. The fourth-order valence-corrected chi connectivity index (χ4v) is 2.62. The Labute approximate surface area is 158 Å². The van der Waals surface area contributed by atoms with Crippen molar-refractivity contribution in [1.29, 1.82) is 0 Å². The van der Waals surface area contributed by atoms with E-state index in [1.165, 1.54) is 0 Å². The first-order valence-electron chi connectivity index (χ1n) is 8.00. The molecule has 0 aliphatic carbocycles. The van der Waals surface area contributed by atoms with Crippen molar-refractivity contribution < 1.29 is 9.53 Å². The lowest BCUT2D eigenvalue weighted by Gasteiger charge is -2.36. The van der Waals surface area contributed by atoms with Crippen LogP contribution in [0.5, 0.6) is 0 Å². The first kappa shape index (κ1) is 22.3. The maximum atomic E-state index is 12.4. The second-order valence-electron chi connectivity index (χ2n) is 7.25. The Balaban J connectivity index is 0.00000484. The minimum absolute atomic E-state index is 0. The van der Waals surface area contributed by atoms with Crippen LogP contribution in [0.4, 0.5) is 4.79 Å². The zero-order valence-corrected chi connectivity index (χ0v) is 18.0. The molecule has 1 fully saturated rings. The van der Waals surface area contributed by atoms with E-state index in [1.807, 2.05) is 63.7 Å². The lowest BCUT2D eigenvalue weighted by molar-refractivity contribution is 0.0109. The van der Waals surface area contributed by atoms with Crippen LogP contribution in [0.25, 0.3) is 0 Å². The number of ether oxygens (including phenoxy) is 1. The first-order chi connectivity index (χ1) is 10.1. The molecule has 0 aromatic rings. The Morgan fingerprint density at radius 1 is 1.17 bits per heavy atom. The number of guanidine groups is 1. The molecule has 0 radical (unpaired) electrons. The number of hydrogen-bond donors (Lipinski definition) is 0. The molecule has 0 spiro atoms. The Morgan fingerprint density at radius 2 is 1.74 bits per heavy atom. The van der Waals surface area contributed by atoms with Gasteiger partial charge in [0, 0.05) is 34.7 Å². The van der Waals surface area contributed by atoms with Crippen LogP contribution in [-0.4, -0.2) is 79.7 Å². The highest BCUT2D eigenvalue weighted by Crippen LogP contribution is 2.20. The van der Waals surface area contributed by atoms with Crippen LogP contribution in [0.2, 0.25) is 0 Å². The maximum absolute atomic E-state index is 12.4. The minimum atomic E-state index is -0.458. The fourth-order valence-electron chi connectivity index (χ4n) is 2.62. The van der Waals surface area contributed by atoms with Crippen LogP contribution in [0.1, 0.15) is 40.0 Å². The van der Waals surface area contributed by atoms with E-state index in [0.717, 1.165) is 31.8 Å². The Kier molecular flexibility index (Phi) is 9.24. The van der Waals surface area contributed by atoms with Crippen LogP contribution in [0.3, 0.4) is 0 Å². The molecule has 1 unspecified atom stereocenters. The van der Waals surface area contributed by atoms with E-state index in [1.54, 1.807) is 0 Å². The van der Waals surface area contributed by atoms with E-state index < -0.39 is 5.60 Å². The predicted molar refractivity (Wildman–Crippen MR) is 106 cm³/mol. The molecule has 136 valence electrons. The molecule has 1 heterocycles. The van der Waals surface area contributed by atoms with Gasteiger partial charge >= 0.3 is 6.09 Å². The highest BCUT2D eigenvalue weighted by Gasteiger charge is 2.30. The zero-order valence-electron chi connectivity index (χ0n) is 15.6. The van der Waals surface area contributed by atoms with Crippen molar-refractivity contribution in [3.63, 3.8) is 0 Å². The summed E-state index contributed by atoms with van der Waals surface area (Å²) in [6, 6.07) is 0.124. The molecule has 0 aromatic heterocycles. The summed E-state index contributed by atoms with van der Waals surface area (Å²) in [6.07, 6.45) is 2.94. The van der Waals surface area contributed by atoms with Gasteiger partial charge in [-0.25, -0.2) is 4.79 Å². The summed E-state index contributed by atoms with van der Waals surface area (Å²) in [5.41, 5.74) is -0.458. The number of likely N-dealkylation sites (tertiary alicyclic amines) is 1. The van der Waals surface area contributed by atoms with Crippen LogP contribution in [0.15, 0.2) is 4.99 Å². The molecule has 1 saturated heterocycles. The molecule has 23 heavy (non-hydrogen) atoms. The molecule has 1 aliphatic heterocycles. The number of hydrogen-bond acceptors (Lipinski definition) is 3. The van der Waals surface area contributed by atoms with Crippen LogP contribution < -0.4 is 0 Å². The van der Waals surface area contributed by atoms with Crippen molar-refractivity contribution >= 4 is 36.0 Å². The molecule has 1 aliphatic rings. The molecule has 6 nitrogen and oxygen atoms in total. The SMILES string of the molecule is CN(C)C(=NCC1CCCCN1C(=O)OC(C)(C)C)N(C)C.I. The second-order valence-corrected chi connectivity index (χ2v) is 7.25. The average Bonchev–Trinajstić information content (AvgIpc) is 2.36. The number of nitrogens with zero attached hydrogens (tertiary/aromatic N) is 4. The van der Waals surface area contributed by atoms with Crippen molar-refractivity contribution in [1.82, 2.24) is 14.7 Å². The van der Waals surface area contributed by atoms with Crippen LogP contribution in [-0.2, 0) is 4.74 Å². The lowest BCUT2D eigenvalue weighted by atomic mass is 10.0. The fraction of sp³-hybridized carbons (Fsp3) is 0.875. The molecule has 0 aromatic carbocycles. The summed E-state index contributed by atoms with van der Waals surface area (Å²) in [4.78, 5) is 22.9. The largest absolute Gasteiger partial charge is 0.444 e. The average molecular weight is 440 g/mol. The van der Waals surface area contributed by atoms with Crippen molar-refractivity contribution in [3.8, 4) is 0 Å². The van der Waals surface area contributed by atoms with Gasteiger partial charge in [0.2, 0.25) is 0 Å². The van der Waals surface area contributed by atoms with E-state index in [2.05, 4.69) is 0 Å². The monoisotopic (exact) mass is 440 g/mol. The molecule has 0 bridgehead atoms. The smallest absolute Gasteiger partial charge is 0.410 e. The van der Waals surface area contributed by atoms with Crippen LogP contribution >= 0.6 is 24.0 Å². The normalized spacial score (nSPS) is 17.9. The van der Waals surface area contributed by atoms with Gasteiger partial charge in [0.1, 0.15) is 5.60 Å². The third kappa shape index (κ3) is 7.58. The number of aliphatic imine (C=N–C) groups is 1. The highest BCUT2D eigenvalue weighted by molar-refractivity contribution is 14.0. The molecule has 1 amide bonds. The van der Waals surface area contributed by atoms with Gasteiger partial charge in [-0.15, -0.1) is 24.0 Å². The van der Waals surface area contributed by atoms with Gasteiger partial charge in [0.15, 0.2) is 5.96 Å². The topological polar surface area (TPSA) is 48.4 Å². The van der Waals surface area contributed by atoms with Crippen molar-refractivity contribution in [2.75, 3.05) is 41.3 Å². The summed E-state index contributed by atoms with van der Waals surface area (Å²) < 4.78 is 5.53. The Hall–Kier alpha value is -0.730. The zero-order chi connectivity index (χ0) is 16.9. The third-order valence-corrected chi connectivity index (χ3v) is 3.50. The molecule has 1 atom stereocenters. The summed E-state index contributed by atoms with van der Waals surface area (Å²) in [5.74, 6) is 0.912. The third-order valence-electron chi connectivity index (χ3n) is 3.50. The first-order valence-corrected chi connectivity index (χ1v) is 8.00. The summed E-state index contributed by atoms with van der Waals surface area (Å²) in [5, 5.41) is 0. The number of carbonyl (C=O) groups excluding carboxylic acids is 1. The summed E-state index contributed by atoms with van der Waals surface area (Å²) >= 11 is 0. The van der Waals surface area contributed by atoms with E-state index >= 15 is 0 Å². The molecule has 7 heteroatoms. The van der Waals surface area contributed by atoms with Gasteiger partial charge in [0.05, 0.1) is 12.6 Å².